The molecule has 16 heavy (non-hydrogen) atoms. The van der Waals surface area contributed by atoms with E-state index in [4.69, 9.17) is 9.15 Å². The molecule has 90 valence electrons. The molecule has 0 saturated heterocycles. The maximum absolute atomic E-state index is 11.2. The van der Waals surface area contributed by atoms with Gasteiger partial charge in [0.25, 0.3) is 0 Å². The molecular formula is C11H18N2O3. The van der Waals surface area contributed by atoms with E-state index in [2.05, 4.69) is 10.9 Å². The number of aryl methyl sites for hydroxylation is 1. The van der Waals surface area contributed by atoms with Crippen LogP contribution in [0.5, 0.6) is 0 Å². The van der Waals surface area contributed by atoms with E-state index < -0.39 is 11.7 Å². The molecule has 0 unspecified atom stereocenters. The predicted octanol–water partition coefficient (Wildman–Crippen LogP) is 2.12. The quantitative estimate of drug-likeness (QED) is 0.775. The Balaban J connectivity index is 2.23. The summed E-state index contributed by atoms with van der Waals surface area (Å²) in [6, 6.07) is 3.71. The average Bonchev–Trinajstić information content (AvgIpc) is 2.48. The summed E-state index contributed by atoms with van der Waals surface area (Å²) >= 11 is 0. The first-order valence-electron chi connectivity index (χ1n) is 5.14. The van der Waals surface area contributed by atoms with Gasteiger partial charge in [-0.05, 0) is 39.8 Å². The highest BCUT2D eigenvalue weighted by molar-refractivity contribution is 5.66. The molecule has 1 heterocycles. The Labute approximate surface area is 95.1 Å². The van der Waals surface area contributed by atoms with E-state index in [9.17, 15) is 4.79 Å². The smallest absolute Gasteiger partial charge is 0.422 e. The molecule has 1 aromatic rings. The van der Waals surface area contributed by atoms with Crippen molar-refractivity contribution in [3.63, 3.8) is 0 Å². The minimum Gasteiger partial charge on any atom is -0.465 e. The third kappa shape index (κ3) is 4.84. The van der Waals surface area contributed by atoms with Gasteiger partial charge in [-0.2, -0.15) is 0 Å². The van der Waals surface area contributed by atoms with E-state index in [0.717, 1.165) is 11.5 Å². The maximum atomic E-state index is 11.2. The molecule has 0 aliphatic rings. The van der Waals surface area contributed by atoms with Gasteiger partial charge in [0.1, 0.15) is 17.1 Å². The van der Waals surface area contributed by atoms with Gasteiger partial charge in [0.2, 0.25) is 0 Å². The highest BCUT2D eigenvalue weighted by Crippen LogP contribution is 2.06. The van der Waals surface area contributed by atoms with E-state index in [-0.39, 0.29) is 0 Å². The van der Waals surface area contributed by atoms with Crippen LogP contribution in [-0.4, -0.2) is 11.7 Å². The normalized spacial score (nSPS) is 11.2. The molecule has 0 fully saturated rings. The van der Waals surface area contributed by atoms with Gasteiger partial charge < -0.3 is 9.15 Å². The summed E-state index contributed by atoms with van der Waals surface area (Å²) in [6.45, 7) is 7.71. The molecule has 1 aromatic heterocycles. The molecule has 0 bridgehead atoms. The van der Waals surface area contributed by atoms with Gasteiger partial charge in [-0.1, -0.05) is 0 Å². The van der Waals surface area contributed by atoms with E-state index in [1.54, 1.807) is 0 Å². The Hall–Kier alpha value is -1.49. The number of furan rings is 1. The molecule has 0 aromatic carbocycles. The molecule has 2 N–H and O–H groups in total. The summed E-state index contributed by atoms with van der Waals surface area (Å²) < 4.78 is 10.3. The van der Waals surface area contributed by atoms with Crippen molar-refractivity contribution in [2.24, 2.45) is 0 Å². The summed E-state index contributed by atoms with van der Waals surface area (Å²) in [5.74, 6) is 1.60. The van der Waals surface area contributed by atoms with Crippen LogP contribution in [0.2, 0.25) is 0 Å². The fourth-order valence-electron chi connectivity index (χ4n) is 1.09. The zero-order valence-electron chi connectivity index (χ0n) is 10.1. The summed E-state index contributed by atoms with van der Waals surface area (Å²) in [7, 11) is 0. The molecule has 0 aliphatic carbocycles. The lowest BCUT2D eigenvalue weighted by atomic mass is 10.2. The number of hydrogen-bond acceptors (Lipinski definition) is 4. The number of hydrogen-bond donors (Lipinski definition) is 2. The van der Waals surface area contributed by atoms with Crippen LogP contribution in [-0.2, 0) is 11.3 Å². The largest absolute Gasteiger partial charge is 0.465 e. The number of rotatable bonds is 3. The summed E-state index contributed by atoms with van der Waals surface area (Å²) in [6.07, 6.45) is -0.504. The molecule has 0 atom stereocenters. The first-order valence-corrected chi connectivity index (χ1v) is 5.14. The van der Waals surface area contributed by atoms with Crippen LogP contribution < -0.4 is 10.9 Å². The van der Waals surface area contributed by atoms with Gasteiger partial charge in [-0.15, -0.1) is 0 Å². The molecule has 0 aliphatic heterocycles. The zero-order chi connectivity index (χ0) is 12.2. The Bertz CT molecular complexity index is 352. The van der Waals surface area contributed by atoms with Crippen LogP contribution >= 0.6 is 0 Å². The highest BCUT2D eigenvalue weighted by Gasteiger charge is 2.15. The SMILES string of the molecule is Cc1ccc(CNNC(=O)OC(C)(C)C)o1. The van der Waals surface area contributed by atoms with Crippen molar-refractivity contribution in [2.75, 3.05) is 0 Å². The maximum Gasteiger partial charge on any atom is 0.422 e. The van der Waals surface area contributed by atoms with Crippen molar-refractivity contribution in [3.05, 3.63) is 23.7 Å². The first-order chi connectivity index (χ1) is 7.37. The number of carbonyl (C=O) groups excluding carboxylic acids is 1. The zero-order valence-corrected chi connectivity index (χ0v) is 10.1. The van der Waals surface area contributed by atoms with Crippen molar-refractivity contribution < 1.29 is 13.9 Å². The van der Waals surface area contributed by atoms with Crippen molar-refractivity contribution >= 4 is 6.09 Å². The predicted molar refractivity (Wildman–Crippen MR) is 59.7 cm³/mol. The molecule has 1 rings (SSSR count). The Kier molecular flexibility index (Phi) is 3.95. The number of ether oxygens (including phenoxy) is 1. The van der Waals surface area contributed by atoms with Crippen molar-refractivity contribution in [1.82, 2.24) is 10.9 Å². The number of amides is 1. The van der Waals surface area contributed by atoms with Crippen LogP contribution in [0.1, 0.15) is 32.3 Å². The van der Waals surface area contributed by atoms with Crippen molar-refractivity contribution in [3.8, 4) is 0 Å². The van der Waals surface area contributed by atoms with E-state index in [1.807, 2.05) is 39.8 Å². The molecular weight excluding hydrogens is 208 g/mol. The third-order valence-corrected chi connectivity index (χ3v) is 1.65. The van der Waals surface area contributed by atoms with Gasteiger partial charge in [0, 0.05) is 0 Å². The minimum absolute atomic E-state index is 0.424. The fraction of sp³-hybridized carbons (Fsp3) is 0.545. The topological polar surface area (TPSA) is 63.5 Å². The standard InChI is InChI=1S/C11H18N2O3/c1-8-5-6-9(15-8)7-12-13-10(14)16-11(2,3)4/h5-6,12H,7H2,1-4H3,(H,13,14). The molecule has 1 amide bonds. The monoisotopic (exact) mass is 226 g/mol. The molecule has 0 radical (unpaired) electrons. The second-order valence-corrected chi connectivity index (χ2v) is 4.49. The van der Waals surface area contributed by atoms with Crippen molar-refractivity contribution in [2.45, 2.75) is 39.8 Å². The highest BCUT2D eigenvalue weighted by atomic mass is 16.6. The third-order valence-electron chi connectivity index (χ3n) is 1.65. The van der Waals surface area contributed by atoms with E-state index >= 15 is 0 Å². The first kappa shape index (κ1) is 12.6. The Morgan fingerprint density at radius 1 is 1.44 bits per heavy atom. The van der Waals surface area contributed by atoms with Gasteiger partial charge >= 0.3 is 6.09 Å². The van der Waals surface area contributed by atoms with E-state index in [0.29, 0.717) is 6.54 Å². The number of nitrogens with one attached hydrogen (secondary N) is 2. The van der Waals surface area contributed by atoms with Crippen LogP contribution in [0, 0.1) is 6.92 Å². The van der Waals surface area contributed by atoms with Gasteiger partial charge in [-0.3, -0.25) is 5.43 Å². The second kappa shape index (κ2) is 5.03. The average molecular weight is 226 g/mol. The lowest BCUT2D eigenvalue weighted by molar-refractivity contribution is 0.0495. The lowest BCUT2D eigenvalue weighted by Gasteiger charge is -2.19. The summed E-state index contributed by atoms with van der Waals surface area (Å²) in [5.41, 5.74) is 4.65. The molecule has 0 saturated carbocycles. The molecule has 0 spiro atoms. The summed E-state index contributed by atoms with van der Waals surface area (Å²) in [4.78, 5) is 11.2. The van der Waals surface area contributed by atoms with Crippen LogP contribution in [0.25, 0.3) is 0 Å². The molecule has 5 heteroatoms. The van der Waals surface area contributed by atoms with E-state index in [1.165, 1.54) is 0 Å². The number of hydrazine groups is 1. The Morgan fingerprint density at radius 3 is 2.62 bits per heavy atom. The van der Waals surface area contributed by atoms with Crippen LogP contribution in [0.15, 0.2) is 16.5 Å². The second-order valence-electron chi connectivity index (χ2n) is 4.49. The van der Waals surface area contributed by atoms with Gasteiger partial charge in [-0.25, -0.2) is 10.2 Å². The van der Waals surface area contributed by atoms with Crippen LogP contribution in [0.3, 0.4) is 0 Å². The van der Waals surface area contributed by atoms with Gasteiger partial charge in [0.15, 0.2) is 0 Å². The van der Waals surface area contributed by atoms with Crippen LogP contribution in [0.4, 0.5) is 4.79 Å². The Morgan fingerprint density at radius 2 is 2.12 bits per heavy atom. The minimum atomic E-state index is -0.504. The fourth-order valence-corrected chi connectivity index (χ4v) is 1.09. The molecule has 5 nitrogen and oxygen atoms in total. The van der Waals surface area contributed by atoms with Crippen molar-refractivity contribution in [1.29, 1.82) is 0 Å². The lowest BCUT2D eigenvalue weighted by Crippen LogP contribution is -2.40. The van der Waals surface area contributed by atoms with Gasteiger partial charge in [0.05, 0.1) is 6.54 Å². The summed E-state index contributed by atoms with van der Waals surface area (Å²) in [5, 5.41) is 0. The number of carbonyl (C=O) groups is 1.